The Morgan fingerprint density at radius 1 is 1.11 bits per heavy atom. The fourth-order valence-electron chi connectivity index (χ4n) is 3.74. The molecule has 6 heteroatoms. The summed E-state index contributed by atoms with van der Waals surface area (Å²) in [4.78, 5) is 24.3. The summed E-state index contributed by atoms with van der Waals surface area (Å²) in [6.07, 6.45) is 3.57. The van der Waals surface area contributed by atoms with Gasteiger partial charge in [-0.1, -0.05) is 0 Å². The number of anilines is 1. The summed E-state index contributed by atoms with van der Waals surface area (Å²) in [7, 11) is 0. The van der Waals surface area contributed by atoms with Gasteiger partial charge in [0.1, 0.15) is 0 Å². The molecule has 3 aromatic rings. The first-order valence-electron chi connectivity index (χ1n) is 9.67. The lowest BCUT2D eigenvalue weighted by molar-refractivity contribution is 0.255. The Morgan fingerprint density at radius 3 is 2.64 bits per heavy atom. The molecule has 0 saturated carbocycles. The third kappa shape index (κ3) is 4.05. The average Bonchev–Trinajstić information content (AvgIpc) is 2.74. The van der Waals surface area contributed by atoms with Crippen LogP contribution in [-0.4, -0.2) is 47.6 Å². The Balaban J connectivity index is 1.28. The third-order valence-corrected chi connectivity index (χ3v) is 5.32. The van der Waals surface area contributed by atoms with Gasteiger partial charge in [-0.3, -0.25) is 14.7 Å². The maximum Gasteiger partial charge on any atom is 0.257 e. The van der Waals surface area contributed by atoms with Gasteiger partial charge in [0.05, 0.1) is 22.5 Å². The first kappa shape index (κ1) is 18.2. The minimum Gasteiger partial charge on any atom is -0.369 e. The topological polar surface area (TPSA) is 76.0 Å². The lowest BCUT2D eigenvalue weighted by Gasteiger charge is -2.36. The number of benzene rings is 1. The second-order valence-corrected chi connectivity index (χ2v) is 7.15. The highest BCUT2D eigenvalue weighted by atomic mass is 16.1. The minimum absolute atomic E-state index is 0.0587. The van der Waals surface area contributed by atoms with E-state index < -0.39 is 0 Å². The molecule has 142 valence electrons. The van der Waals surface area contributed by atoms with Crippen LogP contribution >= 0.6 is 0 Å². The molecule has 0 bridgehead atoms. The number of fused-ring (bicyclic) bond motifs is 1. The monoisotopic (exact) mass is 373 g/mol. The van der Waals surface area contributed by atoms with Crippen LogP contribution in [0.5, 0.6) is 0 Å². The molecule has 28 heavy (non-hydrogen) atoms. The van der Waals surface area contributed by atoms with Crippen LogP contribution in [0.1, 0.15) is 17.7 Å². The molecule has 2 aromatic heterocycles. The average molecular weight is 373 g/mol. The number of nitriles is 1. The van der Waals surface area contributed by atoms with Crippen molar-refractivity contribution >= 4 is 16.6 Å². The zero-order valence-corrected chi connectivity index (χ0v) is 15.8. The molecule has 1 fully saturated rings. The molecular formula is C22H23N5O. The number of hydrogen-bond acceptors (Lipinski definition) is 5. The molecule has 0 unspecified atom stereocenters. The number of aryl methyl sites for hydroxylation is 1. The Kier molecular flexibility index (Phi) is 5.36. The Bertz CT molecular complexity index is 1040. The van der Waals surface area contributed by atoms with Gasteiger partial charge in [0.2, 0.25) is 0 Å². The second kappa shape index (κ2) is 8.24. The third-order valence-electron chi connectivity index (χ3n) is 5.32. The van der Waals surface area contributed by atoms with Crippen LogP contribution in [0.4, 0.5) is 5.69 Å². The molecule has 0 radical (unpaired) electrons. The molecular weight excluding hydrogens is 350 g/mol. The number of piperazine rings is 1. The van der Waals surface area contributed by atoms with Crippen molar-refractivity contribution in [1.29, 1.82) is 5.26 Å². The maximum absolute atomic E-state index is 12.1. The van der Waals surface area contributed by atoms with E-state index in [9.17, 15) is 4.79 Å². The van der Waals surface area contributed by atoms with Gasteiger partial charge in [-0.05, 0) is 61.9 Å². The van der Waals surface area contributed by atoms with Crippen LogP contribution in [0.3, 0.4) is 0 Å². The van der Waals surface area contributed by atoms with Gasteiger partial charge < -0.3 is 9.88 Å². The van der Waals surface area contributed by atoms with Gasteiger partial charge in [-0.2, -0.15) is 5.26 Å². The largest absolute Gasteiger partial charge is 0.369 e. The highest BCUT2D eigenvalue weighted by Gasteiger charge is 2.17. The molecule has 0 amide bonds. The van der Waals surface area contributed by atoms with Crippen LogP contribution in [-0.2, 0) is 6.42 Å². The molecule has 4 rings (SSSR count). The Hall–Kier alpha value is -3.17. The maximum atomic E-state index is 12.1. The predicted octanol–water partition coefficient (Wildman–Crippen LogP) is 2.55. The number of aromatic nitrogens is 2. The second-order valence-electron chi connectivity index (χ2n) is 7.15. The van der Waals surface area contributed by atoms with Gasteiger partial charge in [-0.25, -0.2) is 0 Å². The first-order valence-corrected chi connectivity index (χ1v) is 9.67. The molecule has 1 N–H and O–H groups in total. The van der Waals surface area contributed by atoms with E-state index in [0.717, 1.165) is 56.8 Å². The number of nitrogens with one attached hydrogen (secondary N) is 1. The number of nitrogens with zero attached hydrogens (tertiary/aromatic N) is 4. The zero-order chi connectivity index (χ0) is 19.3. The van der Waals surface area contributed by atoms with E-state index >= 15 is 0 Å². The normalized spacial score (nSPS) is 14.9. The molecule has 1 aliphatic heterocycles. The molecule has 0 atom stereocenters. The summed E-state index contributed by atoms with van der Waals surface area (Å²) in [5.41, 5.74) is 3.53. The lowest BCUT2D eigenvalue weighted by Crippen LogP contribution is -2.46. The number of rotatable bonds is 5. The van der Waals surface area contributed by atoms with Crippen molar-refractivity contribution in [3.8, 4) is 6.07 Å². The molecule has 6 nitrogen and oxygen atoms in total. The van der Waals surface area contributed by atoms with Gasteiger partial charge in [-0.15, -0.1) is 0 Å². The smallest absolute Gasteiger partial charge is 0.257 e. The predicted molar refractivity (Wildman–Crippen MR) is 110 cm³/mol. The van der Waals surface area contributed by atoms with E-state index in [1.807, 2.05) is 30.3 Å². The Labute approximate surface area is 164 Å². The van der Waals surface area contributed by atoms with E-state index in [1.54, 1.807) is 18.3 Å². The fourth-order valence-corrected chi connectivity index (χ4v) is 3.74. The lowest BCUT2D eigenvalue weighted by atomic mass is 10.1. The van der Waals surface area contributed by atoms with Crippen molar-refractivity contribution < 1.29 is 0 Å². The van der Waals surface area contributed by atoms with Crippen molar-refractivity contribution in [3.63, 3.8) is 0 Å². The molecule has 1 saturated heterocycles. The summed E-state index contributed by atoms with van der Waals surface area (Å²) in [5.74, 6) is 0. The summed E-state index contributed by atoms with van der Waals surface area (Å²) in [6, 6.07) is 15.5. The van der Waals surface area contributed by atoms with Crippen LogP contribution in [0.15, 0.2) is 53.5 Å². The van der Waals surface area contributed by atoms with Gasteiger partial charge >= 0.3 is 0 Å². The highest BCUT2D eigenvalue weighted by Crippen LogP contribution is 2.17. The van der Waals surface area contributed by atoms with Crippen LogP contribution < -0.4 is 10.5 Å². The van der Waals surface area contributed by atoms with Crippen LogP contribution in [0.25, 0.3) is 10.9 Å². The van der Waals surface area contributed by atoms with Crippen molar-refractivity contribution in [1.82, 2.24) is 14.9 Å². The minimum atomic E-state index is -0.0587. The van der Waals surface area contributed by atoms with Crippen LogP contribution in [0.2, 0.25) is 0 Å². The van der Waals surface area contributed by atoms with Crippen molar-refractivity contribution in [2.45, 2.75) is 12.8 Å². The summed E-state index contributed by atoms with van der Waals surface area (Å²) in [6.45, 7) is 5.04. The van der Waals surface area contributed by atoms with Gasteiger partial charge in [0.15, 0.2) is 0 Å². The summed E-state index contributed by atoms with van der Waals surface area (Å²) in [5, 5.41) is 9.56. The molecule has 1 aliphatic rings. The van der Waals surface area contributed by atoms with E-state index in [0.29, 0.717) is 10.9 Å². The number of aromatic amines is 1. The molecule has 0 aliphatic carbocycles. The highest BCUT2D eigenvalue weighted by molar-refractivity contribution is 5.77. The van der Waals surface area contributed by atoms with E-state index in [1.165, 1.54) is 5.69 Å². The number of pyridine rings is 2. The summed E-state index contributed by atoms with van der Waals surface area (Å²) < 4.78 is 0. The molecule has 0 spiro atoms. The van der Waals surface area contributed by atoms with Crippen molar-refractivity contribution in [3.05, 3.63) is 70.3 Å². The zero-order valence-electron chi connectivity index (χ0n) is 15.8. The summed E-state index contributed by atoms with van der Waals surface area (Å²) >= 11 is 0. The standard InChI is InChI=1S/C22H23N5O/c23-16-17-5-7-19(8-6-17)27-13-11-26(12-14-27)10-2-3-18-15-21-20(22(28)25-18)4-1-9-24-21/h1,4-9,15H,2-3,10-14H2,(H,25,28). The van der Waals surface area contributed by atoms with Gasteiger partial charge in [0, 0.05) is 43.8 Å². The first-order chi connectivity index (χ1) is 13.7. The number of H-pyrrole nitrogens is 1. The van der Waals surface area contributed by atoms with E-state index in [-0.39, 0.29) is 5.56 Å². The number of hydrogen-bond donors (Lipinski definition) is 1. The fraction of sp³-hybridized carbons (Fsp3) is 0.318. The van der Waals surface area contributed by atoms with Crippen molar-refractivity contribution in [2.24, 2.45) is 0 Å². The Morgan fingerprint density at radius 2 is 1.89 bits per heavy atom. The van der Waals surface area contributed by atoms with E-state index in [2.05, 4.69) is 25.8 Å². The quantitative estimate of drug-likeness (QED) is 0.744. The SMILES string of the molecule is N#Cc1ccc(N2CCN(CCCc3cc4ncccc4c(=O)[nH]3)CC2)cc1. The molecule has 1 aromatic carbocycles. The van der Waals surface area contributed by atoms with Crippen molar-refractivity contribution in [2.75, 3.05) is 37.6 Å². The van der Waals surface area contributed by atoms with Crippen LogP contribution in [0, 0.1) is 11.3 Å². The van der Waals surface area contributed by atoms with Gasteiger partial charge in [0.25, 0.3) is 5.56 Å². The molecule has 3 heterocycles. The van der Waals surface area contributed by atoms with E-state index in [4.69, 9.17) is 5.26 Å².